The number of hydrogen-bond acceptors (Lipinski definition) is 2. The molecule has 2 rings (SSSR count). The SMILES string of the molecule is CC1(Nc2ccc(N)cc2C(F)F)CCCCC1. The van der Waals surface area contributed by atoms with Crippen molar-refractivity contribution in [2.24, 2.45) is 0 Å². The second-order valence-corrected chi connectivity index (χ2v) is 5.39. The lowest BCUT2D eigenvalue weighted by atomic mass is 9.83. The van der Waals surface area contributed by atoms with E-state index in [-0.39, 0.29) is 11.1 Å². The molecule has 1 aromatic carbocycles. The number of anilines is 2. The van der Waals surface area contributed by atoms with Crippen molar-refractivity contribution in [1.29, 1.82) is 0 Å². The van der Waals surface area contributed by atoms with Crippen molar-refractivity contribution in [2.45, 2.75) is 51.0 Å². The molecule has 0 aromatic heterocycles. The Morgan fingerprint density at radius 1 is 1.22 bits per heavy atom. The Bertz CT molecular complexity index is 412. The number of nitrogen functional groups attached to an aromatic ring is 1. The Morgan fingerprint density at radius 2 is 1.89 bits per heavy atom. The first-order chi connectivity index (χ1) is 8.50. The van der Waals surface area contributed by atoms with Crippen LogP contribution in [0.5, 0.6) is 0 Å². The lowest BCUT2D eigenvalue weighted by Crippen LogP contribution is -2.37. The largest absolute Gasteiger partial charge is 0.399 e. The standard InChI is InChI=1S/C14H20F2N2/c1-14(7-3-2-4-8-14)18-12-6-5-10(17)9-11(12)13(15)16/h5-6,9,13,18H,2-4,7-8,17H2,1H3. The van der Waals surface area contributed by atoms with Gasteiger partial charge in [0.2, 0.25) is 0 Å². The number of rotatable bonds is 3. The van der Waals surface area contributed by atoms with Crippen LogP contribution in [0.25, 0.3) is 0 Å². The Hall–Kier alpha value is -1.32. The molecule has 0 spiro atoms. The van der Waals surface area contributed by atoms with Crippen molar-refractivity contribution in [1.82, 2.24) is 0 Å². The summed E-state index contributed by atoms with van der Waals surface area (Å²) in [4.78, 5) is 0. The van der Waals surface area contributed by atoms with E-state index in [1.165, 1.54) is 12.5 Å². The van der Waals surface area contributed by atoms with E-state index in [1.807, 2.05) is 0 Å². The minimum atomic E-state index is -2.50. The van der Waals surface area contributed by atoms with Crippen LogP contribution in [0.1, 0.15) is 51.0 Å². The molecule has 100 valence electrons. The Kier molecular flexibility index (Phi) is 3.73. The number of nitrogens with two attached hydrogens (primary N) is 1. The average molecular weight is 254 g/mol. The molecular formula is C14H20F2N2. The Morgan fingerprint density at radius 3 is 2.50 bits per heavy atom. The number of hydrogen-bond donors (Lipinski definition) is 2. The summed E-state index contributed by atoms with van der Waals surface area (Å²) in [6, 6.07) is 4.69. The molecule has 2 nitrogen and oxygen atoms in total. The van der Waals surface area contributed by atoms with Gasteiger partial charge in [0.25, 0.3) is 6.43 Å². The highest BCUT2D eigenvalue weighted by atomic mass is 19.3. The third-order valence-electron chi connectivity index (χ3n) is 3.70. The third-order valence-corrected chi connectivity index (χ3v) is 3.70. The zero-order valence-electron chi connectivity index (χ0n) is 10.7. The van der Waals surface area contributed by atoms with Crippen molar-refractivity contribution >= 4 is 11.4 Å². The van der Waals surface area contributed by atoms with Crippen LogP contribution in [0.15, 0.2) is 18.2 Å². The minimum absolute atomic E-state index is 0.00167. The summed E-state index contributed by atoms with van der Waals surface area (Å²) in [5.41, 5.74) is 6.40. The number of benzene rings is 1. The van der Waals surface area contributed by atoms with Crippen LogP contribution in [0, 0.1) is 0 Å². The highest BCUT2D eigenvalue weighted by Gasteiger charge is 2.28. The van der Waals surface area contributed by atoms with Crippen LogP contribution in [0.3, 0.4) is 0 Å². The molecule has 1 aliphatic carbocycles. The Labute approximate surface area is 107 Å². The van der Waals surface area contributed by atoms with Gasteiger partial charge in [-0.2, -0.15) is 0 Å². The van der Waals surface area contributed by atoms with Crippen LogP contribution in [-0.4, -0.2) is 5.54 Å². The summed E-state index contributed by atoms with van der Waals surface area (Å²) in [6.45, 7) is 2.11. The summed E-state index contributed by atoms with van der Waals surface area (Å²) in [5, 5.41) is 3.30. The lowest BCUT2D eigenvalue weighted by Gasteiger charge is -2.36. The van der Waals surface area contributed by atoms with E-state index in [4.69, 9.17) is 5.73 Å². The first-order valence-corrected chi connectivity index (χ1v) is 6.46. The van der Waals surface area contributed by atoms with Crippen LogP contribution in [0.2, 0.25) is 0 Å². The molecule has 18 heavy (non-hydrogen) atoms. The normalized spacial score (nSPS) is 18.9. The van der Waals surface area contributed by atoms with E-state index in [2.05, 4.69) is 12.2 Å². The van der Waals surface area contributed by atoms with Crippen molar-refractivity contribution in [3.63, 3.8) is 0 Å². The van der Waals surface area contributed by atoms with Gasteiger partial charge in [0, 0.05) is 22.5 Å². The van der Waals surface area contributed by atoms with Gasteiger partial charge in [0.1, 0.15) is 0 Å². The summed E-state index contributed by atoms with van der Waals surface area (Å²) in [7, 11) is 0. The van der Waals surface area contributed by atoms with E-state index < -0.39 is 6.43 Å². The van der Waals surface area contributed by atoms with Crippen molar-refractivity contribution in [2.75, 3.05) is 11.1 Å². The lowest BCUT2D eigenvalue weighted by molar-refractivity contribution is 0.152. The number of nitrogens with one attached hydrogen (secondary N) is 1. The summed E-state index contributed by atoms with van der Waals surface area (Å²) in [5.74, 6) is 0. The van der Waals surface area contributed by atoms with Crippen LogP contribution < -0.4 is 11.1 Å². The predicted molar refractivity (Wildman–Crippen MR) is 70.9 cm³/mol. The molecular weight excluding hydrogens is 234 g/mol. The predicted octanol–water partition coefficient (Wildman–Crippen LogP) is 4.34. The molecule has 0 saturated heterocycles. The zero-order chi connectivity index (χ0) is 13.2. The smallest absolute Gasteiger partial charge is 0.265 e. The van der Waals surface area contributed by atoms with Gasteiger partial charge in [-0.05, 0) is 38.0 Å². The molecule has 0 aliphatic heterocycles. The van der Waals surface area contributed by atoms with Gasteiger partial charge in [-0.15, -0.1) is 0 Å². The van der Waals surface area contributed by atoms with E-state index >= 15 is 0 Å². The maximum Gasteiger partial charge on any atom is 0.265 e. The van der Waals surface area contributed by atoms with Crippen molar-refractivity contribution in [3.8, 4) is 0 Å². The molecule has 1 aromatic rings. The fraction of sp³-hybridized carbons (Fsp3) is 0.571. The van der Waals surface area contributed by atoms with Crippen LogP contribution >= 0.6 is 0 Å². The topological polar surface area (TPSA) is 38.0 Å². The van der Waals surface area contributed by atoms with Gasteiger partial charge in [-0.3, -0.25) is 0 Å². The highest BCUT2D eigenvalue weighted by molar-refractivity contribution is 5.59. The Balaban J connectivity index is 2.22. The van der Waals surface area contributed by atoms with E-state index in [9.17, 15) is 8.78 Å². The first-order valence-electron chi connectivity index (χ1n) is 6.46. The maximum absolute atomic E-state index is 13.0. The van der Waals surface area contributed by atoms with Crippen LogP contribution in [0.4, 0.5) is 20.2 Å². The molecule has 1 fully saturated rings. The molecule has 0 bridgehead atoms. The first kappa shape index (κ1) is 13.1. The molecule has 0 radical (unpaired) electrons. The average Bonchev–Trinajstić information content (AvgIpc) is 2.32. The van der Waals surface area contributed by atoms with Gasteiger partial charge < -0.3 is 11.1 Å². The highest BCUT2D eigenvalue weighted by Crippen LogP contribution is 2.35. The minimum Gasteiger partial charge on any atom is -0.399 e. The maximum atomic E-state index is 13.0. The van der Waals surface area contributed by atoms with E-state index in [0.29, 0.717) is 11.4 Å². The quantitative estimate of drug-likeness (QED) is 0.787. The second kappa shape index (κ2) is 5.12. The molecule has 0 heterocycles. The van der Waals surface area contributed by atoms with Crippen molar-refractivity contribution < 1.29 is 8.78 Å². The third kappa shape index (κ3) is 2.92. The fourth-order valence-corrected chi connectivity index (χ4v) is 2.66. The van der Waals surface area contributed by atoms with Gasteiger partial charge in [-0.25, -0.2) is 8.78 Å². The number of halogens is 2. The molecule has 1 saturated carbocycles. The van der Waals surface area contributed by atoms with Crippen LogP contribution in [-0.2, 0) is 0 Å². The molecule has 0 unspecified atom stereocenters. The van der Waals surface area contributed by atoms with Gasteiger partial charge in [0.15, 0.2) is 0 Å². The van der Waals surface area contributed by atoms with Crippen molar-refractivity contribution in [3.05, 3.63) is 23.8 Å². The van der Waals surface area contributed by atoms with Gasteiger partial charge >= 0.3 is 0 Å². The van der Waals surface area contributed by atoms with Gasteiger partial charge in [0.05, 0.1) is 0 Å². The molecule has 3 N–H and O–H groups in total. The summed E-state index contributed by atoms with van der Waals surface area (Å²) in [6.07, 6.45) is 3.11. The molecule has 4 heteroatoms. The second-order valence-electron chi connectivity index (χ2n) is 5.39. The van der Waals surface area contributed by atoms with E-state index in [0.717, 1.165) is 25.7 Å². The zero-order valence-corrected chi connectivity index (χ0v) is 10.7. The number of alkyl halides is 2. The van der Waals surface area contributed by atoms with Gasteiger partial charge in [-0.1, -0.05) is 19.3 Å². The summed E-state index contributed by atoms with van der Waals surface area (Å²) < 4.78 is 26.0. The monoisotopic (exact) mass is 254 g/mol. The summed E-state index contributed by atoms with van der Waals surface area (Å²) >= 11 is 0. The molecule has 0 atom stereocenters. The van der Waals surface area contributed by atoms with E-state index in [1.54, 1.807) is 12.1 Å². The fourth-order valence-electron chi connectivity index (χ4n) is 2.66. The molecule has 0 amide bonds. The molecule has 1 aliphatic rings.